The van der Waals surface area contributed by atoms with E-state index in [0.29, 0.717) is 12.3 Å². The molecule has 2 aromatic carbocycles. The lowest BCUT2D eigenvalue weighted by molar-refractivity contribution is -0.248. The van der Waals surface area contributed by atoms with E-state index in [4.69, 9.17) is 15.4 Å². The van der Waals surface area contributed by atoms with Crippen molar-refractivity contribution in [1.82, 2.24) is 14.8 Å². The average molecular weight is 436 g/mol. The Morgan fingerprint density at radius 2 is 1.91 bits per heavy atom. The Labute approximate surface area is 188 Å². The molecule has 0 radical (unpaired) electrons. The molecule has 3 rings (SSSR count). The van der Waals surface area contributed by atoms with Crippen molar-refractivity contribution in [2.75, 3.05) is 12.4 Å². The molecule has 0 aliphatic carbocycles. The number of rotatable bonds is 7. The molecule has 0 fully saturated rings. The molecule has 168 valence electrons. The van der Waals surface area contributed by atoms with Gasteiger partial charge in [-0.2, -0.15) is 10.6 Å². The fraction of sp³-hybridized carbons (Fsp3) is 0.333. The number of ether oxygens (including phenoxy) is 1. The van der Waals surface area contributed by atoms with Crippen molar-refractivity contribution >= 4 is 11.7 Å². The van der Waals surface area contributed by atoms with Gasteiger partial charge in [-0.25, -0.2) is 9.48 Å². The molecule has 0 bridgehead atoms. The van der Waals surface area contributed by atoms with Crippen LogP contribution in [0, 0.1) is 27.7 Å². The number of nitrogens with zero attached hydrogens (tertiary/aromatic N) is 4. The molecule has 2 amide bonds. The molecule has 32 heavy (non-hydrogen) atoms. The summed E-state index contributed by atoms with van der Waals surface area (Å²) in [7, 11) is 1.48. The second-order valence-electron chi connectivity index (χ2n) is 7.82. The number of aryl methyl sites for hydroxylation is 3. The summed E-state index contributed by atoms with van der Waals surface area (Å²) in [4.78, 5) is 12.2. The largest absolute Gasteiger partial charge is 0.489 e. The standard InChI is InChI=1S/C24H30N6O2/c1-7-20-17(4)27-30(18(20)5)19-11-12-23(16(3)13-19)32-14-21-15(2)9-8-10-22(21)26-24(31)29(6)28-25/h8-13,25H,7,14H2,1-6H3,(H,26,31)/p+1. The molecule has 8 nitrogen and oxygen atoms in total. The predicted octanol–water partition coefficient (Wildman–Crippen LogP) is 3.84. The topological polar surface area (TPSA) is 97.3 Å². The zero-order valence-electron chi connectivity index (χ0n) is 19.6. The maximum Gasteiger partial charge on any atom is 0.433 e. The Balaban J connectivity index is 1.81. The molecular formula is C24H31N6O2+. The summed E-state index contributed by atoms with van der Waals surface area (Å²) in [6.45, 7) is 10.6. The maximum absolute atomic E-state index is 12.2. The van der Waals surface area contributed by atoms with E-state index in [1.807, 2.05) is 55.8 Å². The van der Waals surface area contributed by atoms with Gasteiger partial charge in [0.25, 0.3) is 0 Å². The highest BCUT2D eigenvalue weighted by Gasteiger charge is 2.18. The van der Waals surface area contributed by atoms with E-state index < -0.39 is 6.03 Å². The smallest absolute Gasteiger partial charge is 0.433 e. The number of urea groups is 1. The fourth-order valence-electron chi connectivity index (χ4n) is 3.77. The van der Waals surface area contributed by atoms with Crippen LogP contribution < -0.4 is 15.6 Å². The number of hydrogen-bond acceptors (Lipinski definition) is 4. The fourth-order valence-corrected chi connectivity index (χ4v) is 3.77. The summed E-state index contributed by atoms with van der Waals surface area (Å²) in [6, 6.07) is 11.3. The van der Waals surface area contributed by atoms with Crippen molar-refractivity contribution in [3.63, 3.8) is 0 Å². The van der Waals surface area contributed by atoms with E-state index in [1.54, 1.807) is 0 Å². The molecule has 1 heterocycles. The first-order chi connectivity index (χ1) is 15.3. The lowest BCUT2D eigenvalue weighted by atomic mass is 10.1. The van der Waals surface area contributed by atoms with Gasteiger partial charge in [0.1, 0.15) is 19.4 Å². The van der Waals surface area contributed by atoms with Gasteiger partial charge in [-0.3, -0.25) is 5.32 Å². The molecule has 0 saturated heterocycles. The minimum atomic E-state index is -0.420. The van der Waals surface area contributed by atoms with E-state index >= 15 is 0 Å². The monoisotopic (exact) mass is 435 g/mol. The zero-order chi connectivity index (χ0) is 23.4. The lowest BCUT2D eigenvalue weighted by Gasteiger charge is -2.16. The molecule has 3 N–H and O–H groups in total. The number of carbonyl (C=O) groups is 1. The highest BCUT2D eigenvalue weighted by atomic mass is 16.5. The minimum absolute atomic E-state index is 0.311. The molecular weight excluding hydrogens is 404 g/mol. The summed E-state index contributed by atoms with van der Waals surface area (Å²) < 4.78 is 8.13. The summed E-state index contributed by atoms with van der Waals surface area (Å²) >= 11 is 0. The molecule has 0 aliphatic heterocycles. The first-order valence-corrected chi connectivity index (χ1v) is 10.6. The third kappa shape index (κ3) is 4.64. The number of benzene rings is 2. The summed E-state index contributed by atoms with van der Waals surface area (Å²) in [5.41, 5.74) is 13.3. The van der Waals surface area contributed by atoms with Crippen LogP contribution >= 0.6 is 0 Å². The Morgan fingerprint density at radius 1 is 1.16 bits per heavy atom. The number of nitrogens with one attached hydrogen (secondary N) is 1. The zero-order valence-corrected chi connectivity index (χ0v) is 19.6. The van der Waals surface area contributed by atoms with Gasteiger partial charge in [0.15, 0.2) is 0 Å². The Hall–Kier alpha value is -3.68. The molecule has 0 atom stereocenters. The molecule has 1 aromatic heterocycles. The van der Waals surface area contributed by atoms with Crippen molar-refractivity contribution in [2.45, 2.75) is 47.6 Å². The van der Waals surface area contributed by atoms with Gasteiger partial charge in [-0.1, -0.05) is 24.1 Å². The van der Waals surface area contributed by atoms with Crippen LogP contribution in [0.3, 0.4) is 0 Å². The molecule has 8 heteroatoms. The van der Waals surface area contributed by atoms with Crippen LogP contribution in [0.15, 0.2) is 41.6 Å². The van der Waals surface area contributed by atoms with Crippen LogP contribution in [0.1, 0.15) is 40.6 Å². The third-order valence-corrected chi connectivity index (χ3v) is 5.69. The molecule has 3 aromatic rings. The highest BCUT2D eigenvalue weighted by molar-refractivity contribution is 5.89. The summed E-state index contributed by atoms with van der Waals surface area (Å²) in [5, 5.41) is 11.9. The van der Waals surface area contributed by atoms with E-state index in [9.17, 15) is 4.79 Å². The quantitative estimate of drug-likeness (QED) is 0.436. The second-order valence-corrected chi connectivity index (χ2v) is 7.82. The predicted molar refractivity (Wildman–Crippen MR) is 124 cm³/mol. The van der Waals surface area contributed by atoms with E-state index in [1.165, 1.54) is 12.6 Å². The normalized spacial score (nSPS) is 10.7. The molecule has 0 unspecified atom stereocenters. The Bertz CT molecular complexity index is 1150. The van der Waals surface area contributed by atoms with Gasteiger partial charge < -0.3 is 4.74 Å². The first kappa shape index (κ1) is 23.0. The van der Waals surface area contributed by atoms with Crippen molar-refractivity contribution < 1.29 is 15.1 Å². The SMILES string of the molecule is CCc1c(C)nn(-c2ccc(OCc3c(C)cccc3NC(=O)N(C)N=[NH2+])c(C)c2)c1C. The van der Waals surface area contributed by atoms with Gasteiger partial charge in [0, 0.05) is 11.3 Å². The summed E-state index contributed by atoms with van der Waals surface area (Å²) in [5.74, 6) is 0.778. The highest BCUT2D eigenvalue weighted by Crippen LogP contribution is 2.27. The average Bonchev–Trinajstić information content (AvgIpc) is 3.06. The van der Waals surface area contributed by atoms with Crippen LogP contribution in [0.2, 0.25) is 0 Å². The molecule has 0 aliphatic rings. The van der Waals surface area contributed by atoms with Crippen LogP contribution in [0.25, 0.3) is 5.69 Å². The van der Waals surface area contributed by atoms with Crippen LogP contribution in [0.5, 0.6) is 5.75 Å². The van der Waals surface area contributed by atoms with Crippen LogP contribution in [-0.2, 0) is 13.0 Å². The Kier molecular flexibility index (Phi) is 6.92. The van der Waals surface area contributed by atoms with Gasteiger partial charge in [-0.05, 0) is 75.1 Å². The van der Waals surface area contributed by atoms with E-state index in [2.05, 4.69) is 30.5 Å². The van der Waals surface area contributed by atoms with Crippen LogP contribution in [-0.4, -0.2) is 27.9 Å². The third-order valence-electron chi connectivity index (χ3n) is 5.69. The van der Waals surface area contributed by atoms with E-state index in [0.717, 1.165) is 50.9 Å². The van der Waals surface area contributed by atoms with E-state index in [-0.39, 0.29) is 0 Å². The van der Waals surface area contributed by atoms with Gasteiger partial charge in [0.05, 0.1) is 22.3 Å². The Morgan fingerprint density at radius 3 is 2.53 bits per heavy atom. The molecule has 0 saturated carbocycles. The van der Waals surface area contributed by atoms with Gasteiger partial charge >= 0.3 is 6.03 Å². The van der Waals surface area contributed by atoms with Crippen LogP contribution in [0.4, 0.5) is 10.5 Å². The van der Waals surface area contributed by atoms with Crippen molar-refractivity contribution in [2.24, 2.45) is 5.22 Å². The number of amides is 2. The second kappa shape index (κ2) is 9.64. The minimum Gasteiger partial charge on any atom is -0.489 e. The van der Waals surface area contributed by atoms with Gasteiger partial charge in [0.2, 0.25) is 0 Å². The number of carbonyl (C=O) groups excluding carboxylic acids is 1. The number of anilines is 1. The van der Waals surface area contributed by atoms with Gasteiger partial charge in [-0.15, -0.1) is 0 Å². The first-order valence-electron chi connectivity index (χ1n) is 10.6. The maximum atomic E-state index is 12.2. The number of nitrogens with two attached hydrogens (primary N) is 1. The molecule has 0 spiro atoms. The van der Waals surface area contributed by atoms with Crippen molar-refractivity contribution in [3.05, 3.63) is 70.0 Å². The number of aromatic nitrogens is 2. The van der Waals surface area contributed by atoms with Crippen molar-refractivity contribution in [1.29, 1.82) is 0 Å². The lowest BCUT2D eigenvalue weighted by Crippen LogP contribution is -2.37. The summed E-state index contributed by atoms with van der Waals surface area (Å²) in [6.07, 6.45) is 0.961. The van der Waals surface area contributed by atoms with Crippen molar-refractivity contribution in [3.8, 4) is 11.4 Å². The number of hydrogen-bond donors (Lipinski definition) is 2.